The molecule has 2 unspecified atom stereocenters. The number of nitrogens with two attached hydrogens (primary N) is 1. The number of benzene rings is 4. The number of imidazole rings is 1. The summed E-state index contributed by atoms with van der Waals surface area (Å²) in [6.45, 7) is 4.14. The van der Waals surface area contributed by atoms with E-state index in [4.69, 9.17) is 24.3 Å². The Labute approximate surface area is 296 Å². The Bertz CT molecular complexity index is 2390. The number of carbonyl (C=O) groups excluding carboxylic acids is 1. The Morgan fingerprint density at radius 1 is 1.06 bits per heavy atom. The molecule has 0 bridgehead atoms. The lowest BCUT2D eigenvalue weighted by molar-refractivity contribution is -0.149. The zero-order valence-electron chi connectivity index (χ0n) is 28.4. The molecule has 4 aromatic carbocycles. The normalized spacial score (nSPS) is 22.2. The number of nitrogen functional groups attached to an aromatic ring is 1. The third-order valence-electron chi connectivity index (χ3n) is 8.84. The predicted molar refractivity (Wildman–Crippen MR) is 192 cm³/mol. The van der Waals surface area contributed by atoms with E-state index < -0.39 is 62.1 Å². The Hall–Kier alpha value is -5.15. The Balaban J connectivity index is 1.25. The van der Waals surface area contributed by atoms with Gasteiger partial charge in [0.2, 0.25) is 5.95 Å². The number of esters is 1. The van der Waals surface area contributed by atoms with E-state index >= 15 is 4.57 Å². The summed E-state index contributed by atoms with van der Waals surface area (Å²) < 4.78 is 40.3. The van der Waals surface area contributed by atoms with Crippen molar-refractivity contribution in [2.24, 2.45) is 0 Å². The summed E-state index contributed by atoms with van der Waals surface area (Å²) in [6.07, 6.45) is -3.52. The summed E-state index contributed by atoms with van der Waals surface area (Å²) in [4.78, 5) is 36.8. The van der Waals surface area contributed by atoms with Gasteiger partial charge in [0.05, 0.1) is 19.0 Å². The van der Waals surface area contributed by atoms with E-state index in [1.165, 1.54) is 17.8 Å². The number of nitrogens with zero attached hydrogens (tertiary/aromatic N) is 3. The summed E-state index contributed by atoms with van der Waals surface area (Å²) in [5, 5.41) is 28.6. The fraction of sp³-hybridized carbons (Fsp3) is 0.278. The van der Waals surface area contributed by atoms with E-state index in [9.17, 15) is 19.8 Å². The number of fused-ring (bicyclic) bond motifs is 3. The highest BCUT2D eigenvalue weighted by atomic mass is 31.2. The molecule has 1 aliphatic heterocycles. The largest absolute Gasteiger partial charge is 0.462 e. The molecule has 2 aromatic heterocycles. The van der Waals surface area contributed by atoms with E-state index in [2.05, 4.69) is 20.0 Å². The monoisotopic (exact) mass is 728 g/mol. The van der Waals surface area contributed by atoms with Crippen LogP contribution in [-0.2, 0) is 23.4 Å². The van der Waals surface area contributed by atoms with Gasteiger partial charge in [0.15, 0.2) is 17.4 Å². The summed E-state index contributed by atoms with van der Waals surface area (Å²) in [7, 11) is -4.61. The average Bonchev–Trinajstić information content (AvgIpc) is 3.63. The molecule has 6 aromatic rings. The number of nitrogens with one attached hydrogen (secondary N) is 2. The van der Waals surface area contributed by atoms with Gasteiger partial charge in [-0.25, -0.2) is 14.3 Å². The number of aromatic nitrogens is 4. The van der Waals surface area contributed by atoms with Crippen LogP contribution < -0.4 is 20.9 Å². The first-order chi connectivity index (χ1) is 24.8. The number of ether oxygens (including phenoxy) is 2. The highest BCUT2D eigenvalue weighted by Gasteiger charge is 2.54. The molecular formula is C36H37N6O9P. The van der Waals surface area contributed by atoms with Crippen molar-refractivity contribution in [2.45, 2.75) is 57.0 Å². The number of aliphatic hydroxyl groups is 2. The molecule has 16 heteroatoms. The van der Waals surface area contributed by atoms with Crippen LogP contribution >= 0.6 is 7.75 Å². The molecule has 1 aliphatic rings. The Morgan fingerprint density at radius 2 is 1.71 bits per heavy atom. The van der Waals surface area contributed by atoms with Gasteiger partial charge in [0.25, 0.3) is 5.56 Å². The fourth-order valence-corrected chi connectivity index (χ4v) is 7.87. The van der Waals surface area contributed by atoms with Gasteiger partial charge in [-0.3, -0.25) is 18.9 Å². The Kier molecular flexibility index (Phi) is 9.34. The van der Waals surface area contributed by atoms with Crippen LogP contribution in [0.2, 0.25) is 0 Å². The van der Waals surface area contributed by atoms with Gasteiger partial charge in [-0.05, 0) is 48.6 Å². The van der Waals surface area contributed by atoms with E-state index in [1.807, 2.05) is 48.5 Å². The number of hydrogen-bond acceptors (Lipinski definition) is 12. The third-order valence-corrected chi connectivity index (χ3v) is 10.3. The smallest absolute Gasteiger partial charge is 0.459 e. The molecule has 6 N–H and O–H groups in total. The van der Waals surface area contributed by atoms with Crippen LogP contribution in [0, 0.1) is 0 Å². The van der Waals surface area contributed by atoms with Gasteiger partial charge >= 0.3 is 13.7 Å². The minimum Gasteiger partial charge on any atom is -0.462 e. The second kappa shape index (κ2) is 13.8. The van der Waals surface area contributed by atoms with Gasteiger partial charge < -0.3 is 29.9 Å². The van der Waals surface area contributed by atoms with Crippen LogP contribution in [0.15, 0.2) is 96.1 Å². The van der Waals surface area contributed by atoms with E-state index in [0.29, 0.717) is 16.3 Å². The van der Waals surface area contributed by atoms with Crippen molar-refractivity contribution < 1.29 is 38.1 Å². The summed E-state index contributed by atoms with van der Waals surface area (Å²) in [5.41, 5.74) is 3.58. The quantitative estimate of drug-likeness (QED) is 0.0919. The molecule has 0 spiro atoms. The van der Waals surface area contributed by atoms with Crippen LogP contribution in [0.4, 0.5) is 5.95 Å². The summed E-state index contributed by atoms with van der Waals surface area (Å²) >= 11 is 0. The molecule has 15 nitrogen and oxygen atoms in total. The minimum absolute atomic E-state index is 0.00788. The van der Waals surface area contributed by atoms with Crippen LogP contribution in [0.3, 0.4) is 0 Å². The van der Waals surface area contributed by atoms with Crippen molar-refractivity contribution in [1.82, 2.24) is 24.6 Å². The highest BCUT2D eigenvalue weighted by molar-refractivity contribution is 7.52. The summed E-state index contributed by atoms with van der Waals surface area (Å²) in [6, 6.07) is 24.0. The van der Waals surface area contributed by atoms with Crippen molar-refractivity contribution in [3.8, 4) is 5.75 Å². The Morgan fingerprint density at radius 3 is 2.44 bits per heavy atom. The van der Waals surface area contributed by atoms with E-state index in [-0.39, 0.29) is 22.9 Å². The molecule has 0 saturated carbocycles. The van der Waals surface area contributed by atoms with Crippen molar-refractivity contribution >= 4 is 52.4 Å². The number of rotatable bonds is 11. The van der Waals surface area contributed by atoms with Gasteiger partial charge in [0.1, 0.15) is 29.6 Å². The number of H-pyrrole nitrogens is 1. The first-order valence-corrected chi connectivity index (χ1v) is 18.0. The van der Waals surface area contributed by atoms with Crippen molar-refractivity contribution in [3.63, 3.8) is 0 Å². The molecule has 3 heterocycles. The maximum Gasteiger partial charge on any atom is 0.459 e. The van der Waals surface area contributed by atoms with Gasteiger partial charge in [0, 0.05) is 5.39 Å². The molecule has 0 amide bonds. The lowest BCUT2D eigenvalue weighted by Crippen LogP contribution is -2.44. The van der Waals surface area contributed by atoms with Crippen LogP contribution in [0.1, 0.15) is 38.6 Å². The number of aliphatic hydroxyl groups excluding tert-OH is 1. The van der Waals surface area contributed by atoms with Crippen molar-refractivity contribution in [2.75, 3.05) is 12.3 Å². The lowest BCUT2D eigenvalue weighted by Gasteiger charge is -2.28. The van der Waals surface area contributed by atoms with E-state index in [0.717, 1.165) is 10.8 Å². The third kappa shape index (κ3) is 6.65. The van der Waals surface area contributed by atoms with Crippen LogP contribution in [0.25, 0.3) is 32.7 Å². The summed E-state index contributed by atoms with van der Waals surface area (Å²) in [5.74, 6) is -0.725. The molecular weight excluding hydrogens is 691 g/mol. The van der Waals surface area contributed by atoms with Gasteiger partial charge in [-0.15, -0.1) is 0 Å². The predicted octanol–water partition coefficient (Wildman–Crippen LogP) is 4.50. The first-order valence-electron chi connectivity index (χ1n) is 16.5. The van der Waals surface area contributed by atoms with Crippen molar-refractivity contribution in [1.29, 1.82) is 0 Å². The first kappa shape index (κ1) is 35.3. The highest BCUT2D eigenvalue weighted by Crippen LogP contribution is 2.50. The molecule has 0 aliphatic carbocycles. The molecule has 1 saturated heterocycles. The SMILES string of the molecule is CC(C)OC(=O)C(NP(=O)(OC[C@H]1O[C@@H](n2cnc3c(=O)[nH]c(N)nc32)[C@](C)(O)[C@@H]1O)Oc1cccc2ccccc12)c1cccc2ccccc12. The van der Waals surface area contributed by atoms with Crippen LogP contribution in [-0.4, -0.2) is 66.2 Å². The molecule has 7 rings (SSSR count). The zero-order chi connectivity index (χ0) is 36.8. The number of aromatic amines is 1. The number of anilines is 1. The maximum absolute atomic E-state index is 15.1. The molecule has 0 radical (unpaired) electrons. The molecule has 52 heavy (non-hydrogen) atoms. The molecule has 270 valence electrons. The van der Waals surface area contributed by atoms with E-state index in [1.54, 1.807) is 50.2 Å². The fourth-order valence-electron chi connectivity index (χ4n) is 6.37. The standard InChI is InChI=1S/C36H37N6O9P/c1-20(2)49-33(45)28(25-16-8-12-21-10-4-6-14-23(21)25)41-52(47,51-26-17-9-13-22-11-5-7-15-24(22)26)48-18-27-30(43)36(3,46)34(50-27)42-19-38-29-31(42)39-35(37)40-32(29)44/h4-17,19-20,27-28,30,34,43,46H,18H2,1-3H3,(H,41,47)(H3,37,39,40,44)/t27-,28?,30-,34-,36-,52?/m1/s1. The molecule has 1 fully saturated rings. The van der Waals surface area contributed by atoms with Crippen LogP contribution in [0.5, 0.6) is 5.75 Å². The second-order valence-electron chi connectivity index (χ2n) is 13.0. The topological polar surface area (TPSA) is 213 Å². The minimum atomic E-state index is -4.61. The van der Waals surface area contributed by atoms with Gasteiger partial charge in [-0.1, -0.05) is 78.9 Å². The van der Waals surface area contributed by atoms with Crippen molar-refractivity contribution in [3.05, 3.63) is 107 Å². The number of hydrogen-bond donors (Lipinski definition) is 5. The zero-order valence-corrected chi connectivity index (χ0v) is 29.3. The van der Waals surface area contributed by atoms with Gasteiger partial charge in [-0.2, -0.15) is 10.1 Å². The lowest BCUT2D eigenvalue weighted by atomic mass is 9.96. The second-order valence-corrected chi connectivity index (χ2v) is 14.6. The molecule has 6 atom stereocenters. The average molecular weight is 729 g/mol. The maximum atomic E-state index is 15.1. The number of carbonyl (C=O) groups is 1.